The van der Waals surface area contributed by atoms with Crippen molar-refractivity contribution in [1.29, 1.82) is 0 Å². The van der Waals surface area contributed by atoms with Gasteiger partial charge in [-0.15, -0.1) is 0 Å². The second kappa shape index (κ2) is 10.7. The van der Waals surface area contributed by atoms with Gasteiger partial charge in [-0.05, 0) is 71.6 Å². The zero-order chi connectivity index (χ0) is 25.0. The summed E-state index contributed by atoms with van der Waals surface area (Å²) in [5.41, 5.74) is 2.01. The summed E-state index contributed by atoms with van der Waals surface area (Å²) in [6.45, 7) is 9.04. The Morgan fingerprint density at radius 2 is 1.82 bits per heavy atom. The number of ketones is 1. The zero-order valence-corrected chi connectivity index (χ0v) is 20.8. The van der Waals surface area contributed by atoms with Crippen LogP contribution in [0.1, 0.15) is 43.5 Å². The van der Waals surface area contributed by atoms with E-state index in [4.69, 9.17) is 9.47 Å². The van der Waals surface area contributed by atoms with E-state index >= 15 is 0 Å². The monoisotopic (exact) mass is 466 g/mol. The van der Waals surface area contributed by atoms with Crippen LogP contribution in [0.2, 0.25) is 0 Å². The molecule has 1 amide bonds. The molecule has 0 spiro atoms. The lowest BCUT2D eigenvalue weighted by Crippen LogP contribution is -2.35. The van der Waals surface area contributed by atoms with Crippen LogP contribution in [0, 0.1) is 6.92 Å². The fourth-order valence-corrected chi connectivity index (χ4v) is 4.08. The highest BCUT2D eigenvalue weighted by Crippen LogP contribution is 2.43. The third kappa shape index (κ3) is 5.25. The number of benzene rings is 2. The average molecular weight is 467 g/mol. The van der Waals surface area contributed by atoms with Crippen LogP contribution < -0.4 is 9.47 Å². The lowest BCUT2D eigenvalue weighted by Gasteiger charge is -2.28. The van der Waals surface area contributed by atoms with E-state index in [9.17, 15) is 14.7 Å². The number of nitrogens with zero attached hydrogens (tertiary/aromatic N) is 2. The summed E-state index contributed by atoms with van der Waals surface area (Å²) in [5, 5.41) is 11.3. The molecule has 1 fully saturated rings. The summed E-state index contributed by atoms with van der Waals surface area (Å²) in [6.07, 6.45) is -0.0982. The first-order valence-electron chi connectivity index (χ1n) is 11.6. The highest BCUT2D eigenvalue weighted by Gasteiger charge is 2.47. The van der Waals surface area contributed by atoms with Gasteiger partial charge in [0.2, 0.25) is 0 Å². The van der Waals surface area contributed by atoms with Gasteiger partial charge in [0.05, 0.1) is 24.3 Å². The highest BCUT2D eigenvalue weighted by atomic mass is 16.5. The predicted molar refractivity (Wildman–Crippen MR) is 132 cm³/mol. The molecule has 34 heavy (non-hydrogen) atoms. The molecule has 1 aliphatic rings. The van der Waals surface area contributed by atoms with Crippen molar-refractivity contribution in [2.45, 2.75) is 39.8 Å². The van der Waals surface area contributed by atoms with Crippen LogP contribution in [0.15, 0.2) is 48.0 Å². The number of likely N-dealkylation sites (N-methyl/N-ethyl adjacent to an activating group) is 1. The van der Waals surface area contributed by atoms with E-state index in [1.807, 2.05) is 71.0 Å². The van der Waals surface area contributed by atoms with E-state index in [-0.39, 0.29) is 17.4 Å². The number of ether oxygens (including phenoxy) is 2. The van der Waals surface area contributed by atoms with Crippen LogP contribution in [0.3, 0.4) is 0 Å². The fraction of sp³-hybridized carbons (Fsp3) is 0.407. The van der Waals surface area contributed by atoms with Gasteiger partial charge in [-0.3, -0.25) is 9.59 Å². The van der Waals surface area contributed by atoms with Gasteiger partial charge in [0, 0.05) is 24.2 Å². The topological polar surface area (TPSA) is 79.3 Å². The number of para-hydroxylation sites is 1. The predicted octanol–water partition coefficient (Wildman–Crippen LogP) is 4.16. The van der Waals surface area contributed by atoms with Gasteiger partial charge in [0.1, 0.15) is 17.3 Å². The molecule has 1 atom stereocenters. The van der Waals surface area contributed by atoms with Crippen LogP contribution >= 0.6 is 0 Å². The van der Waals surface area contributed by atoms with Gasteiger partial charge in [-0.2, -0.15) is 0 Å². The second-order valence-electron chi connectivity index (χ2n) is 8.91. The first kappa shape index (κ1) is 25.3. The molecular formula is C27H34N2O5. The van der Waals surface area contributed by atoms with E-state index in [0.29, 0.717) is 42.3 Å². The summed E-state index contributed by atoms with van der Waals surface area (Å²) >= 11 is 0. The Balaban J connectivity index is 2.18. The summed E-state index contributed by atoms with van der Waals surface area (Å²) in [7, 11) is 3.81. The maximum Gasteiger partial charge on any atom is 0.295 e. The molecule has 1 N–H and O–H groups in total. The quantitative estimate of drug-likeness (QED) is 0.340. The van der Waals surface area contributed by atoms with Crippen molar-refractivity contribution >= 4 is 17.4 Å². The fourth-order valence-electron chi connectivity index (χ4n) is 4.08. The van der Waals surface area contributed by atoms with Gasteiger partial charge in [-0.1, -0.05) is 18.2 Å². The minimum atomic E-state index is -0.762. The largest absolute Gasteiger partial charge is 0.507 e. The van der Waals surface area contributed by atoms with E-state index < -0.39 is 17.7 Å². The van der Waals surface area contributed by atoms with Crippen LogP contribution in [0.4, 0.5) is 0 Å². The van der Waals surface area contributed by atoms with Crippen molar-refractivity contribution in [3.8, 4) is 11.5 Å². The first-order valence-corrected chi connectivity index (χ1v) is 11.6. The van der Waals surface area contributed by atoms with Gasteiger partial charge in [0.15, 0.2) is 0 Å². The Labute approximate surface area is 201 Å². The lowest BCUT2D eigenvalue weighted by molar-refractivity contribution is -0.140. The molecule has 2 aromatic rings. The molecule has 3 rings (SSSR count). The third-order valence-corrected chi connectivity index (χ3v) is 5.65. The first-order chi connectivity index (χ1) is 16.1. The number of hydrogen-bond donors (Lipinski definition) is 1. The minimum Gasteiger partial charge on any atom is -0.507 e. The number of hydrogen-bond acceptors (Lipinski definition) is 6. The Morgan fingerprint density at radius 3 is 2.44 bits per heavy atom. The summed E-state index contributed by atoms with van der Waals surface area (Å²) in [4.78, 5) is 29.9. The molecule has 1 saturated heterocycles. The Hall–Kier alpha value is -3.32. The van der Waals surface area contributed by atoms with E-state index in [1.165, 1.54) is 4.90 Å². The molecule has 0 radical (unpaired) electrons. The molecule has 7 heteroatoms. The van der Waals surface area contributed by atoms with Gasteiger partial charge < -0.3 is 24.4 Å². The molecule has 1 aliphatic heterocycles. The number of amides is 1. The van der Waals surface area contributed by atoms with Crippen molar-refractivity contribution in [2.24, 2.45) is 0 Å². The molecular weight excluding hydrogens is 432 g/mol. The highest BCUT2D eigenvalue weighted by molar-refractivity contribution is 6.46. The number of rotatable bonds is 9. The van der Waals surface area contributed by atoms with Crippen LogP contribution in [-0.4, -0.2) is 66.5 Å². The van der Waals surface area contributed by atoms with E-state index in [1.54, 1.807) is 18.2 Å². The molecule has 0 aliphatic carbocycles. The molecule has 0 aromatic heterocycles. The van der Waals surface area contributed by atoms with Crippen LogP contribution in [-0.2, 0) is 9.59 Å². The summed E-state index contributed by atoms with van der Waals surface area (Å²) < 4.78 is 11.6. The lowest BCUT2D eigenvalue weighted by atomic mass is 9.94. The van der Waals surface area contributed by atoms with Crippen molar-refractivity contribution < 1.29 is 24.2 Å². The molecule has 182 valence electrons. The van der Waals surface area contributed by atoms with E-state index in [0.717, 1.165) is 5.56 Å². The SMILES string of the molecule is CCOc1ccc(/C(O)=C2/C(=O)C(=O)N(CCN(C)C)C2c2ccccc2OC(C)C)cc1C. The van der Waals surface area contributed by atoms with Crippen molar-refractivity contribution in [3.63, 3.8) is 0 Å². The number of aliphatic hydroxyl groups is 1. The third-order valence-electron chi connectivity index (χ3n) is 5.65. The molecule has 1 heterocycles. The Bertz CT molecular complexity index is 1090. The normalized spacial score (nSPS) is 17.6. The molecule has 1 unspecified atom stereocenters. The smallest absolute Gasteiger partial charge is 0.295 e. The molecule has 0 saturated carbocycles. The molecule has 7 nitrogen and oxygen atoms in total. The minimum absolute atomic E-state index is 0.0622. The molecule has 2 aromatic carbocycles. The Kier molecular flexibility index (Phi) is 7.99. The van der Waals surface area contributed by atoms with Crippen LogP contribution in [0.25, 0.3) is 5.76 Å². The van der Waals surface area contributed by atoms with Crippen molar-refractivity contribution in [2.75, 3.05) is 33.8 Å². The number of carbonyl (C=O) groups excluding carboxylic acids is 2. The van der Waals surface area contributed by atoms with Crippen molar-refractivity contribution in [3.05, 3.63) is 64.7 Å². The number of aliphatic hydroxyl groups excluding tert-OH is 1. The Morgan fingerprint density at radius 1 is 1.12 bits per heavy atom. The average Bonchev–Trinajstić information content (AvgIpc) is 3.03. The van der Waals surface area contributed by atoms with Crippen LogP contribution in [0.5, 0.6) is 11.5 Å². The maximum absolute atomic E-state index is 13.3. The molecule has 0 bridgehead atoms. The standard InChI is InChI=1S/C27H34N2O5/c1-7-33-21-13-12-19(16-18(21)4)25(30)23-24(20-10-8-9-11-22(20)34-17(2)3)29(15-14-28(5)6)27(32)26(23)31/h8-13,16-17,24,30H,7,14-15H2,1-6H3/b25-23-. The number of Topliss-reactive ketones (excluding diaryl/α,β-unsaturated/α-hetero) is 1. The summed E-state index contributed by atoms with van der Waals surface area (Å²) in [6, 6.07) is 11.8. The number of likely N-dealkylation sites (tertiary alicyclic amines) is 1. The number of carbonyl (C=O) groups is 2. The van der Waals surface area contributed by atoms with Gasteiger partial charge in [-0.25, -0.2) is 0 Å². The van der Waals surface area contributed by atoms with E-state index in [2.05, 4.69) is 0 Å². The van der Waals surface area contributed by atoms with Gasteiger partial charge in [0.25, 0.3) is 11.7 Å². The summed E-state index contributed by atoms with van der Waals surface area (Å²) in [5.74, 6) is -0.255. The zero-order valence-electron chi connectivity index (χ0n) is 20.8. The van der Waals surface area contributed by atoms with Crippen molar-refractivity contribution in [1.82, 2.24) is 9.80 Å². The maximum atomic E-state index is 13.3. The number of aryl methyl sites for hydroxylation is 1. The second-order valence-corrected chi connectivity index (χ2v) is 8.91. The van der Waals surface area contributed by atoms with Gasteiger partial charge >= 0.3 is 0 Å².